The molecule has 6 nitrogen and oxygen atoms in total. The van der Waals surface area contributed by atoms with Gasteiger partial charge in [-0.15, -0.1) is 0 Å². The number of nitrogens with one attached hydrogen (secondary N) is 2. The van der Waals surface area contributed by atoms with Gasteiger partial charge in [0.15, 0.2) is 0 Å². The summed E-state index contributed by atoms with van der Waals surface area (Å²) in [5.41, 5.74) is 5.53. The standard InChI is InChI=1S/C11H20N4O2S/c1-8-4-2-3-5-9(8)6-14-18(16,17)10-7-13-15-11(10)12/h7-9,14H,2-6H2,1H3,(H3,12,13,15). The van der Waals surface area contributed by atoms with E-state index in [0.29, 0.717) is 18.4 Å². The van der Waals surface area contributed by atoms with Crippen LogP contribution >= 0.6 is 0 Å². The molecule has 0 saturated heterocycles. The zero-order chi connectivity index (χ0) is 13.2. The Morgan fingerprint density at radius 2 is 2.22 bits per heavy atom. The molecular weight excluding hydrogens is 252 g/mol. The van der Waals surface area contributed by atoms with Crippen LogP contribution in [0.3, 0.4) is 0 Å². The van der Waals surface area contributed by atoms with Crippen LogP contribution in [0.15, 0.2) is 11.1 Å². The summed E-state index contributed by atoms with van der Waals surface area (Å²) in [5, 5.41) is 6.06. The number of nitrogens with two attached hydrogens (primary N) is 1. The van der Waals surface area contributed by atoms with E-state index in [1.165, 1.54) is 25.5 Å². The van der Waals surface area contributed by atoms with Crippen molar-refractivity contribution in [2.45, 2.75) is 37.5 Å². The van der Waals surface area contributed by atoms with Crippen LogP contribution in [-0.4, -0.2) is 25.2 Å². The highest BCUT2D eigenvalue weighted by molar-refractivity contribution is 7.89. The summed E-state index contributed by atoms with van der Waals surface area (Å²) in [5.74, 6) is 1.07. The fraction of sp³-hybridized carbons (Fsp3) is 0.727. The molecule has 0 aliphatic heterocycles. The number of nitrogen functional groups attached to an aromatic ring is 1. The van der Waals surface area contributed by atoms with Crippen molar-refractivity contribution in [1.29, 1.82) is 0 Å². The highest BCUT2D eigenvalue weighted by Gasteiger charge is 2.25. The van der Waals surface area contributed by atoms with Gasteiger partial charge < -0.3 is 5.73 Å². The number of nitrogens with zero attached hydrogens (tertiary/aromatic N) is 1. The molecule has 0 radical (unpaired) electrons. The first-order valence-corrected chi connectivity index (χ1v) is 7.77. The lowest BCUT2D eigenvalue weighted by molar-refractivity contribution is 0.257. The topological polar surface area (TPSA) is 101 Å². The lowest BCUT2D eigenvalue weighted by Gasteiger charge is -2.28. The number of hydrogen-bond acceptors (Lipinski definition) is 4. The average Bonchev–Trinajstić information content (AvgIpc) is 2.75. The molecule has 1 aromatic heterocycles. The van der Waals surface area contributed by atoms with Gasteiger partial charge in [0.25, 0.3) is 0 Å². The molecule has 2 rings (SSSR count). The van der Waals surface area contributed by atoms with E-state index in [0.717, 1.165) is 6.42 Å². The molecule has 0 bridgehead atoms. The van der Waals surface area contributed by atoms with E-state index in [-0.39, 0.29) is 10.7 Å². The van der Waals surface area contributed by atoms with Crippen LogP contribution in [0.2, 0.25) is 0 Å². The Morgan fingerprint density at radius 1 is 1.50 bits per heavy atom. The number of anilines is 1. The lowest BCUT2D eigenvalue weighted by Crippen LogP contribution is -2.33. The number of rotatable bonds is 4. The summed E-state index contributed by atoms with van der Waals surface area (Å²) < 4.78 is 26.7. The van der Waals surface area contributed by atoms with Gasteiger partial charge in [0, 0.05) is 6.54 Å². The fourth-order valence-electron chi connectivity index (χ4n) is 2.49. The van der Waals surface area contributed by atoms with Crippen molar-refractivity contribution < 1.29 is 8.42 Å². The van der Waals surface area contributed by atoms with Crippen LogP contribution in [0, 0.1) is 11.8 Å². The number of aromatic nitrogens is 2. The van der Waals surface area contributed by atoms with Crippen molar-refractivity contribution in [2.24, 2.45) is 11.8 Å². The minimum atomic E-state index is -3.54. The lowest BCUT2D eigenvalue weighted by atomic mass is 9.81. The van der Waals surface area contributed by atoms with Gasteiger partial charge in [0.2, 0.25) is 10.0 Å². The predicted octanol–water partition coefficient (Wildman–Crippen LogP) is 1.10. The third kappa shape index (κ3) is 2.84. The Bertz CT molecular complexity index is 497. The molecule has 2 unspecified atom stereocenters. The summed E-state index contributed by atoms with van der Waals surface area (Å²) in [6.07, 6.45) is 5.94. The highest BCUT2D eigenvalue weighted by Crippen LogP contribution is 2.29. The van der Waals surface area contributed by atoms with E-state index in [1.54, 1.807) is 0 Å². The molecule has 1 aromatic rings. The molecule has 1 fully saturated rings. The maximum atomic E-state index is 12.0. The van der Waals surface area contributed by atoms with E-state index in [9.17, 15) is 8.42 Å². The molecule has 0 aromatic carbocycles. The van der Waals surface area contributed by atoms with Crippen LogP contribution in [0.4, 0.5) is 5.82 Å². The first kappa shape index (κ1) is 13.4. The Labute approximate surface area is 107 Å². The van der Waals surface area contributed by atoms with Gasteiger partial charge in [-0.05, 0) is 18.3 Å². The second-order valence-electron chi connectivity index (χ2n) is 5.02. The minimum absolute atomic E-state index is 0.0333. The summed E-state index contributed by atoms with van der Waals surface area (Å²) in [6.45, 7) is 2.67. The molecule has 1 heterocycles. The molecule has 1 aliphatic rings. The van der Waals surface area contributed by atoms with Gasteiger partial charge in [0.05, 0.1) is 6.20 Å². The zero-order valence-electron chi connectivity index (χ0n) is 10.5. The van der Waals surface area contributed by atoms with Crippen LogP contribution in [0.25, 0.3) is 0 Å². The van der Waals surface area contributed by atoms with E-state index in [1.807, 2.05) is 0 Å². The fourth-order valence-corrected chi connectivity index (χ4v) is 3.61. The monoisotopic (exact) mass is 272 g/mol. The van der Waals surface area contributed by atoms with Gasteiger partial charge in [-0.25, -0.2) is 13.1 Å². The maximum absolute atomic E-state index is 12.0. The molecule has 4 N–H and O–H groups in total. The number of H-pyrrole nitrogens is 1. The van der Waals surface area contributed by atoms with Crippen LogP contribution in [0.1, 0.15) is 32.6 Å². The van der Waals surface area contributed by atoms with Crippen molar-refractivity contribution in [3.05, 3.63) is 6.20 Å². The molecule has 0 amide bonds. The van der Waals surface area contributed by atoms with Crippen LogP contribution in [-0.2, 0) is 10.0 Å². The van der Waals surface area contributed by atoms with Gasteiger partial charge in [-0.2, -0.15) is 5.10 Å². The molecule has 7 heteroatoms. The van der Waals surface area contributed by atoms with Crippen molar-refractivity contribution >= 4 is 15.8 Å². The van der Waals surface area contributed by atoms with Crippen LogP contribution in [0.5, 0.6) is 0 Å². The quantitative estimate of drug-likeness (QED) is 0.763. The summed E-state index contributed by atoms with van der Waals surface area (Å²) in [6, 6.07) is 0. The van der Waals surface area contributed by atoms with Crippen molar-refractivity contribution in [3.8, 4) is 0 Å². The van der Waals surface area contributed by atoms with Gasteiger partial charge in [-0.1, -0.05) is 26.2 Å². The second kappa shape index (κ2) is 5.27. The smallest absolute Gasteiger partial charge is 0.245 e. The van der Waals surface area contributed by atoms with Crippen LogP contribution < -0.4 is 10.5 Å². The second-order valence-corrected chi connectivity index (χ2v) is 6.76. The summed E-state index contributed by atoms with van der Waals surface area (Å²) in [7, 11) is -3.54. The normalized spacial score (nSPS) is 25.2. The third-order valence-corrected chi connectivity index (χ3v) is 5.20. The molecule has 1 saturated carbocycles. The van der Waals surface area contributed by atoms with E-state index in [4.69, 9.17) is 5.73 Å². The van der Waals surface area contributed by atoms with E-state index < -0.39 is 10.0 Å². The Balaban J connectivity index is 1.99. The number of aromatic amines is 1. The Kier molecular flexibility index (Phi) is 3.91. The number of hydrogen-bond donors (Lipinski definition) is 3. The van der Waals surface area contributed by atoms with Crippen molar-refractivity contribution in [1.82, 2.24) is 14.9 Å². The van der Waals surface area contributed by atoms with Gasteiger partial charge in [-0.3, -0.25) is 5.10 Å². The van der Waals surface area contributed by atoms with Crippen molar-refractivity contribution in [3.63, 3.8) is 0 Å². The minimum Gasteiger partial charge on any atom is -0.383 e. The van der Waals surface area contributed by atoms with Crippen molar-refractivity contribution in [2.75, 3.05) is 12.3 Å². The number of sulfonamides is 1. The zero-order valence-corrected chi connectivity index (χ0v) is 11.3. The van der Waals surface area contributed by atoms with Gasteiger partial charge in [0.1, 0.15) is 10.7 Å². The van der Waals surface area contributed by atoms with Gasteiger partial charge >= 0.3 is 0 Å². The molecule has 2 atom stereocenters. The third-order valence-electron chi connectivity index (χ3n) is 3.75. The SMILES string of the molecule is CC1CCCCC1CNS(=O)(=O)c1cn[nH]c1N. The average molecular weight is 272 g/mol. The summed E-state index contributed by atoms with van der Waals surface area (Å²) >= 11 is 0. The Morgan fingerprint density at radius 3 is 2.83 bits per heavy atom. The maximum Gasteiger partial charge on any atom is 0.245 e. The molecule has 18 heavy (non-hydrogen) atoms. The molecule has 102 valence electrons. The molecule has 1 aliphatic carbocycles. The first-order valence-electron chi connectivity index (χ1n) is 6.29. The Hall–Kier alpha value is -1.08. The molecular formula is C11H20N4O2S. The highest BCUT2D eigenvalue weighted by atomic mass is 32.2. The largest absolute Gasteiger partial charge is 0.383 e. The summed E-state index contributed by atoms with van der Waals surface area (Å²) in [4.78, 5) is 0.0333. The van der Waals surface area contributed by atoms with E-state index in [2.05, 4.69) is 21.8 Å². The van der Waals surface area contributed by atoms with E-state index >= 15 is 0 Å². The first-order chi connectivity index (χ1) is 8.50. The predicted molar refractivity (Wildman–Crippen MR) is 69.3 cm³/mol. The molecule has 0 spiro atoms.